The summed E-state index contributed by atoms with van der Waals surface area (Å²) in [5.41, 5.74) is 2.06. The minimum atomic E-state index is -0.561. The second-order valence-corrected chi connectivity index (χ2v) is 7.54. The number of aromatic nitrogens is 3. The van der Waals surface area contributed by atoms with E-state index < -0.39 is 5.97 Å². The molecule has 0 fully saturated rings. The van der Waals surface area contributed by atoms with Gasteiger partial charge in [0.1, 0.15) is 5.69 Å². The molecule has 10 nitrogen and oxygen atoms in total. The van der Waals surface area contributed by atoms with Crippen molar-refractivity contribution in [2.75, 3.05) is 21.3 Å². The van der Waals surface area contributed by atoms with Crippen molar-refractivity contribution in [2.45, 2.75) is 6.61 Å². The molecule has 0 amide bonds. The highest BCUT2D eigenvalue weighted by molar-refractivity contribution is 6.04. The summed E-state index contributed by atoms with van der Waals surface area (Å²) in [5, 5.41) is 8.71. The predicted molar refractivity (Wildman–Crippen MR) is 128 cm³/mol. The first-order valence-electron chi connectivity index (χ1n) is 10.8. The summed E-state index contributed by atoms with van der Waals surface area (Å²) in [5.74, 6) is 1.63. The summed E-state index contributed by atoms with van der Waals surface area (Å²) in [7, 11) is 4.54. The number of esters is 1. The molecule has 0 aliphatic rings. The van der Waals surface area contributed by atoms with Crippen molar-refractivity contribution in [2.24, 2.45) is 0 Å². The molecule has 10 heteroatoms. The molecule has 0 spiro atoms. The maximum Gasteiger partial charge on any atom is 0.339 e. The van der Waals surface area contributed by atoms with Gasteiger partial charge in [0.15, 0.2) is 23.9 Å². The number of fused-ring (bicyclic) bond motifs is 1. The van der Waals surface area contributed by atoms with Gasteiger partial charge in [-0.2, -0.15) is 0 Å². The number of para-hydroxylation sites is 1. The van der Waals surface area contributed by atoms with Crippen molar-refractivity contribution >= 4 is 16.9 Å². The molecule has 3 aromatic heterocycles. The Bertz CT molecular complexity index is 1500. The molecular formula is C26H21N3O7. The Kier molecular flexibility index (Phi) is 6.23. The molecule has 0 atom stereocenters. The van der Waals surface area contributed by atoms with Crippen LogP contribution in [0.2, 0.25) is 0 Å². The van der Waals surface area contributed by atoms with Crippen molar-refractivity contribution in [1.82, 2.24) is 15.2 Å². The number of carbonyl (C=O) groups excluding carboxylic acids is 1. The summed E-state index contributed by atoms with van der Waals surface area (Å²) < 4.78 is 32.8. The fourth-order valence-corrected chi connectivity index (χ4v) is 3.73. The van der Waals surface area contributed by atoms with Crippen LogP contribution in [0, 0.1) is 0 Å². The summed E-state index contributed by atoms with van der Waals surface area (Å²) >= 11 is 0. The molecule has 0 radical (unpaired) electrons. The number of methoxy groups -OCH3 is 3. The molecule has 0 aliphatic carbocycles. The lowest BCUT2D eigenvalue weighted by Gasteiger charge is -2.12. The van der Waals surface area contributed by atoms with Crippen LogP contribution in [-0.2, 0) is 11.3 Å². The normalized spacial score (nSPS) is 10.9. The summed E-state index contributed by atoms with van der Waals surface area (Å²) in [6.07, 6.45) is 1.55. The van der Waals surface area contributed by atoms with Crippen LogP contribution < -0.4 is 14.2 Å². The molecule has 0 bridgehead atoms. The van der Waals surface area contributed by atoms with Crippen LogP contribution in [-0.4, -0.2) is 42.5 Å². The van der Waals surface area contributed by atoms with Gasteiger partial charge in [-0.05, 0) is 36.4 Å². The molecule has 2 aromatic carbocycles. The van der Waals surface area contributed by atoms with Crippen molar-refractivity contribution in [3.8, 4) is 40.2 Å². The predicted octanol–water partition coefficient (Wildman–Crippen LogP) is 4.93. The average Bonchev–Trinajstić information content (AvgIpc) is 3.63. The van der Waals surface area contributed by atoms with Crippen molar-refractivity contribution in [3.63, 3.8) is 0 Å². The lowest BCUT2D eigenvalue weighted by atomic mass is 10.1. The van der Waals surface area contributed by atoms with E-state index >= 15 is 0 Å². The van der Waals surface area contributed by atoms with E-state index in [0.717, 1.165) is 0 Å². The molecule has 0 unspecified atom stereocenters. The second kappa shape index (κ2) is 9.79. The van der Waals surface area contributed by atoms with Gasteiger partial charge in [0.05, 0.1) is 38.7 Å². The lowest BCUT2D eigenvalue weighted by molar-refractivity contribution is 0.0441. The third kappa shape index (κ3) is 4.31. The molecule has 182 valence electrons. The zero-order valence-corrected chi connectivity index (χ0v) is 19.7. The van der Waals surface area contributed by atoms with Crippen molar-refractivity contribution < 1.29 is 32.6 Å². The Balaban J connectivity index is 1.39. The Hall–Kier alpha value is -4.86. The standard InChI is InChI=1S/C26H21N3O7/c1-31-21-11-15(12-22(32-2)24(21)33-3)25-29-28-23(36-25)14-35-26(30)17-13-19(20-9-6-10-34-20)27-18-8-5-4-7-16(17)18/h4-13H,14H2,1-3H3. The highest BCUT2D eigenvalue weighted by atomic mass is 16.5. The number of hydrogen-bond donors (Lipinski definition) is 0. The van der Waals surface area contributed by atoms with Gasteiger partial charge in [0.2, 0.25) is 11.6 Å². The number of carbonyl (C=O) groups is 1. The molecule has 36 heavy (non-hydrogen) atoms. The minimum absolute atomic E-state index is 0.122. The van der Waals surface area contributed by atoms with Gasteiger partial charge >= 0.3 is 5.97 Å². The number of benzene rings is 2. The largest absolute Gasteiger partial charge is 0.493 e. The summed E-state index contributed by atoms with van der Waals surface area (Å²) in [6.45, 7) is -0.219. The lowest BCUT2D eigenvalue weighted by Crippen LogP contribution is -2.07. The quantitative estimate of drug-likeness (QED) is 0.279. The molecule has 0 N–H and O–H groups in total. The van der Waals surface area contributed by atoms with Gasteiger partial charge in [-0.1, -0.05) is 18.2 Å². The number of nitrogens with zero attached hydrogens (tertiary/aromatic N) is 3. The van der Waals surface area contributed by atoms with Gasteiger partial charge in [-0.3, -0.25) is 0 Å². The molecule has 5 aromatic rings. The SMILES string of the molecule is COc1cc(-c2nnc(COC(=O)c3cc(-c4ccco4)nc4ccccc34)o2)cc(OC)c1OC. The highest BCUT2D eigenvalue weighted by Gasteiger charge is 2.20. The fraction of sp³-hybridized carbons (Fsp3) is 0.154. The van der Waals surface area contributed by atoms with Crippen LogP contribution in [0.25, 0.3) is 33.8 Å². The highest BCUT2D eigenvalue weighted by Crippen LogP contribution is 2.40. The van der Waals surface area contributed by atoms with E-state index in [4.69, 9.17) is 27.8 Å². The van der Waals surface area contributed by atoms with E-state index in [0.29, 0.717) is 50.7 Å². The van der Waals surface area contributed by atoms with E-state index in [2.05, 4.69) is 15.2 Å². The molecule has 5 rings (SSSR count). The first-order valence-corrected chi connectivity index (χ1v) is 10.8. The van der Waals surface area contributed by atoms with E-state index in [-0.39, 0.29) is 18.4 Å². The molecule has 3 heterocycles. The maximum atomic E-state index is 13.1. The monoisotopic (exact) mass is 487 g/mol. The molecular weight excluding hydrogens is 466 g/mol. The number of ether oxygens (including phenoxy) is 4. The fourth-order valence-electron chi connectivity index (χ4n) is 3.73. The average molecular weight is 487 g/mol. The molecule has 0 aliphatic heterocycles. The molecule has 0 saturated heterocycles. The van der Waals surface area contributed by atoms with Gasteiger partial charge < -0.3 is 27.8 Å². The number of rotatable bonds is 8. The number of hydrogen-bond acceptors (Lipinski definition) is 10. The van der Waals surface area contributed by atoms with Crippen LogP contribution >= 0.6 is 0 Å². The Labute approximate surface area is 205 Å². The summed E-state index contributed by atoms with van der Waals surface area (Å²) in [4.78, 5) is 17.6. The van der Waals surface area contributed by atoms with E-state index in [1.54, 1.807) is 42.7 Å². The third-order valence-corrected chi connectivity index (χ3v) is 5.41. The second-order valence-electron chi connectivity index (χ2n) is 7.54. The van der Waals surface area contributed by atoms with Crippen LogP contribution in [0.15, 0.2) is 69.7 Å². The van der Waals surface area contributed by atoms with Crippen LogP contribution in [0.3, 0.4) is 0 Å². The minimum Gasteiger partial charge on any atom is -0.493 e. The van der Waals surface area contributed by atoms with E-state index in [9.17, 15) is 4.79 Å². The van der Waals surface area contributed by atoms with Crippen LogP contribution in [0.5, 0.6) is 17.2 Å². The number of furan rings is 1. The molecule has 0 saturated carbocycles. The van der Waals surface area contributed by atoms with Gasteiger partial charge in [-0.25, -0.2) is 9.78 Å². The van der Waals surface area contributed by atoms with Gasteiger partial charge in [0, 0.05) is 10.9 Å². The van der Waals surface area contributed by atoms with Crippen LogP contribution in [0.4, 0.5) is 0 Å². The summed E-state index contributed by atoms with van der Waals surface area (Å²) in [6, 6.07) is 15.8. The van der Waals surface area contributed by atoms with Gasteiger partial charge in [-0.15, -0.1) is 10.2 Å². The zero-order chi connectivity index (χ0) is 25.1. The van der Waals surface area contributed by atoms with Crippen LogP contribution in [0.1, 0.15) is 16.2 Å². The van der Waals surface area contributed by atoms with Crippen molar-refractivity contribution in [3.05, 3.63) is 72.3 Å². The van der Waals surface area contributed by atoms with E-state index in [1.165, 1.54) is 21.3 Å². The zero-order valence-electron chi connectivity index (χ0n) is 19.7. The smallest absolute Gasteiger partial charge is 0.339 e. The first-order chi connectivity index (χ1) is 17.6. The Morgan fingerprint density at radius 2 is 1.69 bits per heavy atom. The van der Waals surface area contributed by atoms with Gasteiger partial charge in [0.25, 0.3) is 5.89 Å². The Morgan fingerprint density at radius 3 is 2.39 bits per heavy atom. The first kappa shape index (κ1) is 22.9. The third-order valence-electron chi connectivity index (χ3n) is 5.41. The maximum absolute atomic E-state index is 13.1. The topological polar surface area (TPSA) is 119 Å². The number of pyridine rings is 1. The Morgan fingerprint density at radius 1 is 0.917 bits per heavy atom. The van der Waals surface area contributed by atoms with E-state index in [1.807, 2.05) is 18.2 Å². The van der Waals surface area contributed by atoms with Crippen molar-refractivity contribution in [1.29, 1.82) is 0 Å².